The first kappa shape index (κ1) is 29.3. The van der Waals surface area contributed by atoms with Crippen molar-refractivity contribution in [1.29, 1.82) is 0 Å². The summed E-state index contributed by atoms with van der Waals surface area (Å²) in [6.07, 6.45) is 2.74. The number of aryl methyl sites for hydroxylation is 2. The van der Waals surface area contributed by atoms with Gasteiger partial charge in [0.05, 0.1) is 29.8 Å². The summed E-state index contributed by atoms with van der Waals surface area (Å²) in [7, 11) is 0. The third kappa shape index (κ3) is 6.52. The van der Waals surface area contributed by atoms with Crippen molar-refractivity contribution in [2.75, 3.05) is 19.8 Å². The Labute approximate surface area is 231 Å². The summed E-state index contributed by atoms with van der Waals surface area (Å²) in [5.74, 6) is -0.0192. The number of carbonyl (C=O) groups is 1. The molecule has 11 heteroatoms. The molecule has 3 heterocycles. The summed E-state index contributed by atoms with van der Waals surface area (Å²) in [5, 5.41) is 6.75. The predicted octanol–water partition coefficient (Wildman–Crippen LogP) is 5.63. The van der Waals surface area contributed by atoms with E-state index < -0.39 is 11.9 Å². The van der Waals surface area contributed by atoms with E-state index >= 15 is 0 Å². The van der Waals surface area contributed by atoms with Crippen LogP contribution in [0, 0.1) is 19.8 Å². The van der Waals surface area contributed by atoms with Gasteiger partial charge < -0.3 is 10.1 Å². The molecule has 0 saturated heterocycles. The van der Waals surface area contributed by atoms with E-state index in [1.54, 1.807) is 16.8 Å². The van der Waals surface area contributed by atoms with Gasteiger partial charge in [-0.05, 0) is 42.9 Å². The van der Waals surface area contributed by atoms with Crippen LogP contribution in [0.25, 0.3) is 16.9 Å². The second kappa shape index (κ2) is 12.2. The monoisotopic (exact) mass is 556 g/mol. The van der Waals surface area contributed by atoms with Gasteiger partial charge >= 0.3 is 6.18 Å². The van der Waals surface area contributed by atoms with Crippen molar-refractivity contribution < 1.29 is 22.7 Å². The van der Waals surface area contributed by atoms with Crippen molar-refractivity contribution >= 4 is 11.6 Å². The van der Waals surface area contributed by atoms with E-state index in [-0.39, 0.29) is 17.4 Å². The van der Waals surface area contributed by atoms with E-state index in [4.69, 9.17) is 4.74 Å². The lowest BCUT2D eigenvalue weighted by atomic mass is 9.96. The van der Waals surface area contributed by atoms with Crippen molar-refractivity contribution in [2.45, 2.75) is 60.2 Å². The lowest BCUT2D eigenvalue weighted by molar-refractivity contribution is -0.141. The Hall–Kier alpha value is -3.73. The molecule has 214 valence electrons. The quantitative estimate of drug-likeness (QED) is 0.242. The van der Waals surface area contributed by atoms with E-state index in [9.17, 15) is 18.0 Å². The Bertz CT molecular complexity index is 1470. The van der Waals surface area contributed by atoms with Crippen LogP contribution in [0.4, 0.5) is 13.2 Å². The molecule has 8 nitrogen and oxygen atoms in total. The second-order valence-corrected chi connectivity index (χ2v) is 10.4. The van der Waals surface area contributed by atoms with E-state index in [1.165, 1.54) is 17.1 Å². The highest BCUT2D eigenvalue weighted by molar-refractivity contribution is 5.97. The molecular formula is C29H35F3N6O2. The van der Waals surface area contributed by atoms with Crippen LogP contribution in [0.3, 0.4) is 0 Å². The molecule has 0 fully saturated rings. The number of imidazole rings is 1. The number of aromatic nitrogens is 5. The molecule has 0 aliphatic rings. The third-order valence-electron chi connectivity index (χ3n) is 6.43. The standard InChI is InChI=1S/C29H35F3N6O2/c1-6-10-40-11-8-34-28(39)25-19(4)12-21(13-20(25)5)14-23-27-35-15-24(38(27)9-7-33-23)22-17-37(16-18(2)3)36-26(22)29(30,31)32/h7,9,12-13,15,17-18H,6,8,10-11,14,16H2,1-5H3,(H,34,39). The number of fused-ring (bicyclic) bond motifs is 1. The van der Waals surface area contributed by atoms with Gasteiger partial charge in [-0.1, -0.05) is 32.9 Å². The number of ether oxygens (including phenoxy) is 1. The maximum absolute atomic E-state index is 13.9. The zero-order valence-corrected chi connectivity index (χ0v) is 23.5. The summed E-state index contributed by atoms with van der Waals surface area (Å²) in [4.78, 5) is 21.7. The summed E-state index contributed by atoms with van der Waals surface area (Å²) < 4.78 is 50.1. The number of nitrogens with one attached hydrogen (secondary N) is 1. The van der Waals surface area contributed by atoms with E-state index in [2.05, 4.69) is 20.4 Å². The largest absolute Gasteiger partial charge is 0.435 e. The molecule has 40 heavy (non-hydrogen) atoms. The van der Waals surface area contributed by atoms with Crippen molar-refractivity contribution in [3.8, 4) is 11.3 Å². The second-order valence-electron chi connectivity index (χ2n) is 10.4. The molecule has 0 unspecified atom stereocenters. The van der Waals surface area contributed by atoms with E-state index in [0.717, 1.165) is 23.1 Å². The molecule has 1 N–H and O–H groups in total. The number of rotatable bonds is 11. The highest BCUT2D eigenvalue weighted by Gasteiger charge is 2.38. The fourth-order valence-electron chi connectivity index (χ4n) is 4.86. The number of halogens is 3. The Morgan fingerprint density at radius 1 is 1.12 bits per heavy atom. The van der Waals surface area contributed by atoms with Crippen molar-refractivity contribution in [2.24, 2.45) is 5.92 Å². The number of amides is 1. The van der Waals surface area contributed by atoms with E-state index in [1.807, 2.05) is 46.8 Å². The van der Waals surface area contributed by atoms with Crippen LogP contribution in [0.5, 0.6) is 0 Å². The predicted molar refractivity (Wildman–Crippen MR) is 146 cm³/mol. The first-order valence-electron chi connectivity index (χ1n) is 13.4. The molecule has 0 atom stereocenters. The smallest absolute Gasteiger partial charge is 0.380 e. The minimum atomic E-state index is -4.61. The van der Waals surface area contributed by atoms with Gasteiger partial charge in [0.1, 0.15) is 0 Å². The summed E-state index contributed by atoms with van der Waals surface area (Å²) in [5.41, 5.74) is 3.59. The van der Waals surface area contributed by atoms with Crippen molar-refractivity contribution in [1.82, 2.24) is 29.5 Å². The molecular weight excluding hydrogens is 521 g/mol. The van der Waals surface area contributed by atoms with Crippen LogP contribution in [0.1, 0.15) is 65.6 Å². The van der Waals surface area contributed by atoms with Gasteiger partial charge in [-0.3, -0.25) is 18.9 Å². The van der Waals surface area contributed by atoms with Gasteiger partial charge in [0.25, 0.3) is 5.91 Å². The van der Waals surface area contributed by atoms with Crippen LogP contribution >= 0.6 is 0 Å². The fourth-order valence-corrected chi connectivity index (χ4v) is 4.86. The van der Waals surface area contributed by atoms with Crippen LogP contribution in [0.2, 0.25) is 0 Å². The molecule has 0 saturated carbocycles. The lowest BCUT2D eigenvalue weighted by Gasteiger charge is -2.13. The Kier molecular flexibility index (Phi) is 8.92. The maximum atomic E-state index is 13.9. The zero-order valence-electron chi connectivity index (χ0n) is 23.5. The van der Waals surface area contributed by atoms with Gasteiger partial charge in [0, 0.05) is 50.3 Å². The SMILES string of the molecule is CCCOCCNC(=O)c1c(C)cc(Cc2nccn3c(-c4cn(CC(C)C)nc4C(F)(F)F)cnc23)cc1C. The van der Waals surface area contributed by atoms with Crippen LogP contribution in [0.15, 0.2) is 36.9 Å². The molecule has 1 aromatic carbocycles. The molecule has 3 aromatic heterocycles. The highest BCUT2D eigenvalue weighted by atomic mass is 19.4. The number of benzene rings is 1. The minimum absolute atomic E-state index is 0.0278. The summed E-state index contributed by atoms with van der Waals surface area (Å²) >= 11 is 0. The molecule has 0 aliphatic carbocycles. The highest BCUT2D eigenvalue weighted by Crippen LogP contribution is 2.36. The maximum Gasteiger partial charge on any atom is 0.435 e. The number of alkyl halides is 3. The first-order chi connectivity index (χ1) is 19.0. The number of carbonyl (C=O) groups excluding carboxylic acids is 1. The van der Waals surface area contributed by atoms with Crippen LogP contribution in [-0.4, -0.2) is 49.8 Å². The van der Waals surface area contributed by atoms with Crippen molar-refractivity contribution in [3.63, 3.8) is 0 Å². The molecule has 4 rings (SSSR count). The average Bonchev–Trinajstić information content (AvgIpc) is 3.48. The zero-order chi connectivity index (χ0) is 29.0. The normalized spacial score (nSPS) is 12.0. The van der Waals surface area contributed by atoms with Crippen molar-refractivity contribution in [3.05, 3.63) is 70.6 Å². The van der Waals surface area contributed by atoms with Crippen LogP contribution in [-0.2, 0) is 23.9 Å². The van der Waals surface area contributed by atoms with E-state index in [0.29, 0.717) is 55.3 Å². The lowest BCUT2D eigenvalue weighted by Crippen LogP contribution is -2.28. The topological polar surface area (TPSA) is 86.3 Å². The molecule has 1 amide bonds. The first-order valence-corrected chi connectivity index (χ1v) is 13.4. The number of hydrogen-bond donors (Lipinski definition) is 1. The molecule has 0 bridgehead atoms. The summed E-state index contributed by atoms with van der Waals surface area (Å²) in [6.45, 7) is 11.6. The Balaban J connectivity index is 1.61. The summed E-state index contributed by atoms with van der Waals surface area (Å²) in [6, 6.07) is 3.87. The molecule has 0 radical (unpaired) electrons. The van der Waals surface area contributed by atoms with Gasteiger partial charge in [-0.25, -0.2) is 4.98 Å². The number of hydrogen-bond acceptors (Lipinski definition) is 5. The minimum Gasteiger partial charge on any atom is -0.380 e. The van der Waals surface area contributed by atoms with Gasteiger partial charge in [0.2, 0.25) is 0 Å². The van der Waals surface area contributed by atoms with Crippen LogP contribution < -0.4 is 5.32 Å². The van der Waals surface area contributed by atoms with Gasteiger partial charge in [-0.15, -0.1) is 0 Å². The number of nitrogens with zero attached hydrogens (tertiary/aromatic N) is 5. The molecule has 4 aromatic rings. The molecule has 0 spiro atoms. The Morgan fingerprint density at radius 3 is 2.50 bits per heavy atom. The van der Waals surface area contributed by atoms with Gasteiger partial charge in [-0.2, -0.15) is 18.3 Å². The fraction of sp³-hybridized carbons (Fsp3) is 0.448. The Morgan fingerprint density at radius 2 is 1.85 bits per heavy atom. The molecule has 0 aliphatic heterocycles. The third-order valence-corrected chi connectivity index (χ3v) is 6.43. The van der Waals surface area contributed by atoms with Gasteiger partial charge in [0.15, 0.2) is 11.3 Å². The average molecular weight is 557 g/mol.